The molecule has 0 atom stereocenters. The number of para-hydroxylation sites is 1. The van der Waals surface area contributed by atoms with Gasteiger partial charge in [0.2, 0.25) is 0 Å². The van der Waals surface area contributed by atoms with Crippen molar-refractivity contribution in [2.45, 2.75) is 14.7 Å². The number of fused-ring (bicyclic) bond motifs is 2. The molecule has 0 amide bonds. The van der Waals surface area contributed by atoms with Crippen molar-refractivity contribution in [3.63, 3.8) is 0 Å². The van der Waals surface area contributed by atoms with Crippen LogP contribution in [-0.2, 0) is 30.4 Å². The molecule has 0 aliphatic rings. The first-order chi connectivity index (χ1) is 23.2. The summed E-state index contributed by atoms with van der Waals surface area (Å²) in [5.74, 6) is 0. The second kappa shape index (κ2) is 12.9. The van der Waals surface area contributed by atoms with Crippen molar-refractivity contribution >= 4 is 86.0 Å². The van der Waals surface area contributed by atoms with E-state index < -0.39 is 35.2 Å². The number of nitrogens with zero attached hydrogens (tertiary/aromatic N) is 4. The molecule has 0 aliphatic carbocycles. The monoisotopic (exact) mass is 717 g/mol. The second-order valence-corrected chi connectivity index (χ2v) is 14.7. The van der Waals surface area contributed by atoms with Gasteiger partial charge >= 0.3 is 0 Å². The third kappa shape index (κ3) is 7.36. The fourth-order valence-corrected chi connectivity index (χ4v) is 6.75. The largest absolute Gasteiger partial charge is 0.355 e. The molecule has 0 heterocycles. The lowest BCUT2D eigenvalue weighted by Crippen LogP contribution is -2.01. The first-order valence-corrected chi connectivity index (χ1v) is 18.3. The van der Waals surface area contributed by atoms with Crippen LogP contribution in [0.5, 0.6) is 0 Å². The van der Waals surface area contributed by atoms with Crippen molar-refractivity contribution in [1.82, 2.24) is 0 Å². The van der Waals surface area contributed by atoms with Crippen LogP contribution in [-0.4, -0.2) is 38.9 Å². The Hall–Kier alpha value is -5.43. The van der Waals surface area contributed by atoms with Crippen LogP contribution in [0.1, 0.15) is 0 Å². The van der Waals surface area contributed by atoms with Gasteiger partial charge in [-0.1, -0.05) is 42.5 Å². The zero-order valence-corrected chi connectivity index (χ0v) is 27.2. The van der Waals surface area contributed by atoms with Gasteiger partial charge in [0.1, 0.15) is 4.90 Å². The fraction of sp³-hybridized carbons (Fsp3) is 0. The Kier molecular flexibility index (Phi) is 8.80. The predicted octanol–water partition coefficient (Wildman–Crippen LogP) is 8.31. The summed E-state index contributed by atoms with van der Waals surface area (Å²) in [5, 5.41) is 21.0. The lowest BCUT2D eigenvalue weighted by atomic mass is 10.1. The SMILES string of the molecule is O=S(=O)(O)c1cccc(N=Nc2ccc(N=Nc3ccc(Nc4ccccc4)c4c(S(=O)(=O)O)cccc34)c3cc(S(=O)(=O)O)ccc23)c1. The molecule has 49 heavy (non-hydrogen) atoms. The summed E-state index contributed by atoms with van der Waals surface area (Å²) >= 11 is 0. The Bertz CT molecular complexity index is 2670. The van der Waals surface area contributed by atoms with Crippen LogP contribution >= 0.6 is 0 Å². The second-order valence-electron chi connectivity index (χ2n) is 10.4. The van der Waals surface area contributed by atoms with Crippen molar-refractivity contribution in [3.8, 4) is 0 Å². The smallest absolute Gasteiger partial charge is 0.295 e. The molecular weight excluding hydrogens is 695 g/mol. The summed E-state index contributed by atoms with van der Waals surface area (Å²) in [6, 6.07) is 28.2. The average Bonchev–Trinajstić information content (AvgIpc) is 3.06. The average molecular weight is 718 g/mol. The van der Waals surface area contributed by atoms with Crippen LogP contribution in [0.4, 0.5) is 34.1 Å². The molecule has 0 spiro atoms. The molecule has 0 bridgehead atoms. The highest BCUT2D eigenvalue weighted by molar-refractivity contribution is 7.86. The minimum absolute atomic E-state index is 0.0999. The van der Waals surface area contributed by atoms with Crippen LogP contribution < -0.4 is 5.32 Å². The molecule has 17 heteroatoms. The third-order valence-electron chi connectivity index (χ3n) is 7.20. The van der Waals surface area contributed by atoms with Crippen molar-refractivity contribution in [3.05, 3.63) is 115 Å². The van der Waals surface area contributed by atoms with Crippen LogP contribution in [0.2, 0.25) is 0 Å². The zero-order valence-electron chi connectivity index (χ0n) is 24.8. The molecule has 0 saturated heterocycles. The van der Waals surface area contributed by atoms with Crippen molar-refractivity contribution in [2.75, 3.05) is 5.32 Å². The summed E-state index contributed by atoms with van der Waals surface area (Å²) in [5.41, 5.74) is 1.69. The van der Waals surface area contributed by atoms with E-state index in [1.807, 2.05) is 6.07 Å². The normalized spacial score (nSPS) is 12.7. The van der Waals surface area contributed by atoms with Crippen molar-refractivity contribution < 1.29 is 38.9 Å². The van der Waals surface area contributed by atoms with Crippen LogP contribution in [0.25, 0.3) is 21.5 Å². The Labute approximate surface area is 279 Å². The van der Waals surface area contributed by atoms with Gasteiger partial charge in [-0.3, -0.25) is 13.7 Å². The molecule has 0 saturated carbocycles. The molecule has 6 aromatic carbocycles. The molecule has 6 aromatic rings. The summed E-state index contributed by atoms with van der Waals surface area (Å²) < 4.78 is 101. The highest BCUT2D eigenvalue weighted by atomic mass is 32.2. The molecule has 6 rings (SSSR count). The minimum Gasteiger partial charge on any atom is -0.355 e. The summed E-state index contributed by atoms with van der Waals surface area (Å²) in [6.45, 7) is 0. The van der Waals surface area contributed by atoms with Gasteiger partial charge < -0.3 is 5.32 Å². The maximum absolute atomic E-state index is 12.4. The molecule has 0 aliphatic heterocycles. The molecule has 0 fully saturated rings. The molecule has 0 radical (unpaired) electrons. The Balaban J connectivity index is 1.47. The highest BCUT2D eigenvalue weighted by Gasteiger charge is 2.19. The quantitative estimate of drug-likeness (QED) is 0.0826. The van der Waals surface area contributed by atoms with E-state index in [0.717, 1.165) is 12.1 Å². The summed E-state index contributed by atoms with van der Waals surface area (Å²) in [4.78, 5) is -1.19. The van der Waals surface area contributed by atoms with Gasteiger partial charge in [-0.05, 0) is 72.8 Å². The molecule has 0 unspecified atom stereocenters. The third-order valence-corrected chi connectivity index (χ3v) is 9.80. The Morgan fingerprint density at radius 1 is 0.469 bits per heavy atom. The van der Waals surface area contributed by atoms with Gasteiger partial charge in [0, 0.05) is 32.9 Å². The number of azo groups is 2. The van der Waals surface area contributed by atoms with E-state index in [0.29, 0.717) is 22.1 Å². The first kappa shape index (κ1) is 33.5. The molecule has 4 N–H and O–H groups in total. The van der Waals surface area contributed by atoms with Crippen LogP contribution in [0, 0.1) is 0 Å². The molecule has 14 nitrogen and oxygen atoms in total. The molecule has 248 valence electrons. The van der Waals surface area contributed by atoms with Gasteiger partial charge in [-0.25, -0.2) is 0 Å². The number of anilines is 2. The van der Waals surface area contributed by atoms with E-state index in [-0.39, 0.29) is 43.3 Å². The van der Waals surface area contributed by atoms with Gasteiger partial charge in [0.15, 0.2) is 0 Å². The standard InChI is InChI=1S/C32H23N5O9S3/c38-47(39,40)22-9-4-8-21(18-22)34-35-27-14-15-29(26-19-23(48(41,42)43)12-13-24(26)27)37-36-28-16-17-30(33-20-6-2-1-3-7-20)32-25(28)10-5-11-31(32)49(44,45)46/h1-19,33H,(H,38,39,40)(H,41,42,43)(H,44,45,46). The minimum atomic E-state index is -4.67. The van der Waals surface area contributed by atoms with E-state index >= 15 is 0 Å². The number of nitrogens with one attached hydrogen (secondary N) is 1. The van der Waals surface area contributed by atoms with Crippen LogP contribution in [0.3, 0.4) is 0 Å². The van der Waals surface area contributed by atoms with Crippen molar-refractivity contribution in [2.24, 2.45) is 20.5 Å². The summed E-state index contributed by atoms with van der Waals surface area (Å²) in [6.07, 6.45) is 0. The maximum Gasteiger partial charge on any atom is 0.295 e. The Morgan fingerprint density at radius 3 is 1.73 bits per heavy atom. The molecule has 0 aromatic heterocycles. The number of hydrogen-bond donors (Lipinski definition) is 4. The number of hydrogen-bond acceptors (Lipinski definition) is 11. The van der Waals surface area contributed by atoms with Crippen molar-refractivity contribution in [1.29, 1.82) is 0 Å². The van der Waals surface area contributed by atoms with E-state index in [9.17, 15) is 38.9 Å². The van der Waals surface area contributed by atoms with E-state index in [4.69, 9.17) is 0 Å². The van der Waals surface area contributed by atoms with Gasteiger partial charge in [-0.2, -0.15) is 30.4 Å². The van der Waals surface area contributed by atoms with Gasteiger partial charge in [-0.15, -0.1) is 15.3 Å². The number of rotatable bonds is 9. The van der Waals surface area contributed by atoms with E-state index in [1.165, 1.54) is 54.6 Å². The Morgan fingerprint density at radius 2 is 1.06 bits per heavy atom. The topological polar surface area (TPSA) is 225 Å². The highest BCUT2D eigenvalue weighted by Crippen LogP contribution is 2.40. The van der Waals surface area contributed by atoms with Crippen LogP contribution in [0.15, 0.2) is 150 Å². The first-order valence-electron chi connectivity index (χ1n) is 14.0. The molecular formula is C32H23N5O9S3. The fourth-order valence-electron chi connectivity index (χ4n) is 5.00. The zero-order chi connectivity index (χ0) is 35.0. The summed E-state index contributed by atoms with van der Waals surface area (Å²) in [7, 11) is -13.8. The lowest BCUT2D eigenvalue weighted by Gasteiger charge is -2.14. The predicted molar refractivity (Wildman–Crippen MR) is 182 cm³/mol. The van der Waals surface area contributed by atoms with E-state index in [2.05, 4.69) is 25.8 Å². The maximum atomic E-state index is 12.4. The van der Waals surface area contributed by atoms with Gasteiger partial charge in [0.25, 0.3) is 30.4 Å². The van der Waals surface area contributed by atoms with Gasteiger partial charge in [0.05, 0.1) is 32.5 Å². The lowest BCUT2D eigenvalue weighted by molar-refractivity contribution is 0.481. The van der Waals surface area contributed by atoms with E-state index in [1.54, 1.807) is 42.5 Å². The number of benzene rings is 6.